The summed E-state index contributed by atoms with van der Waals surface area (Å²) in [5, 5.41) is 11.0. The van der Waals surface area contributed by atoms with E-state index in [0.717, 1.165) is 22.5 Å². The number of para-hydroxylation sites is 2. The minimum absolute atomic E-state index is 0.309. The van der Waals surface area contributed by atoms with E-state index in [2.05, 4.69) is 0 Å². The molecule has 3 aromatic carbocycles. The van der Waals surface area contributed by atoms with Crippen molar-refractivity contribution in [1.82, 2.24) is 0 Å². The maximum Gasteiger partial charge on any atom is 0.261 e. The number of nitrogens with zero attached hydrogens (tertiary/aromatic N) is 1. The summed E-state index contributed by atoms with van der Waals surface area (Å²) in [4.78, 5) is 14.8. The van der Waals surface area contributed by atoms with E-state index in [1.165, 1.54) is 0 Å². The van der Waals surface area contributed by atoms with Crippen LogP contribution < -0.4 is 4.90 Å². The quantitative estimate of drug-likeness (QED) is 0.771. The Morgan fingerprint density at radius 2 is 1.40 bits per heavy atom. The van der Waals surface area contributed by atoms with Crippen molar-refractivity contribution in [2.24, 2.45) is 0 Å². The molecule has 0 saturated heterocycles. The Morgan fingerprint density at radius 1 is 0.840 bits per heavy atom. The molecule has 3 heteroatoms. The number of carbonyl (C=O) groups is 1. The highest BCUT2D eigenvalue weighted by Crippen LogP contribution is 2.47. The average Bonchev–Trinajstić information content (AvgIpc) is 2.68. The van der Waals surface area contributed by atoms with Gasteiger partial charge in [-0.1, -0.05) is 66.7 Å². The van der Waals surface area contributed by atoms with Gasteiger partial charge in [0.05, 0.1) is 11.1 Å². The molecule has 0 aromatic heterocycles. The standard InChI is InChI=1S/C22H19NO2/c1-22(16-10-4-2-5-11-16)18-14-8-9-15-19(18)23(21(25)20(22)24)17-12-6-3-7-13-17/h2-15,20,24H,1H3/t20-,22+/m1/s1. The molecular weight excluding hydrogens is 310 g/mol. The fraction of sp³-hybridized carbons (Fsp3) is 0.136. The van der Waals surface area contributed by atoms with E-state index in [1.807, 2.05) is 91.9 Å². The first-order valence-corrected chi connectivity index (χ1v) is 8.36. The molecular formula is C22H19NO2. The van der Waals surface area contributed by atoms with Gasteiger partial charge in [-0.15, -0.1) is 0 Å². The third kappa shape index (κ3) is 2.28. The molecule has 0 saturated carbocycles. The van der Waals surface area contributed by atoms with Crippen LogP contribution in [0, 0.1) is 0 Å². The Balaban J connectivity index is 1.97. The lowest BCUT2D eigenvalue weighted by atomic mass is 9.68. The number of aliphatic hydroxyl groups is 1. The highest BCUT2D eigenvalue weighted by molar-refractivity contribution is 6.07. The molecule has 1 amide bonds. The van der Waals surface area contributed by atoms with Crippen LogP contribution in [0.4, 0.5) is 11.4 Å². The van der Waals surface area contributed by atoms with Crippen LogP contribution in [0.15, 0.2) is 84.9 Å². The highest BCUT2D eigenvalue weighted by Gasteiger charge is 2.49. The van der Waals surface area contributed by atoms with Crippen molar-refractivity contribution >= 4 is 17.3 Å². The third-order valence-electron chi connectivity index (χ3n) is 5.09. The van der Waals surface area contributed by atoms with E-state index < -0.39 is 11.5 Å². The molecule has 3 aromatic rings. The second kappa shape index (κ2) is 5.87. The highest BCUT2D eigenvalue weighted by atomic mass is 16.3. The maximum absolute atomic E-state index is 13.2. The summed E-state index contributed by atoms with van der Waals surface area (Å²) in [6, 6.07) is 27.0. The number of carbonyl (C=O) groups excluding carboxylic acids is 1. The zero-order chi connectivity index (χ0) is 17.4. The summed E-state index contributed by atoms with van der Waals surface area (Å²) in [5.74, 6) is -0.309. The predicted molar refractivity (Wildman–Crippen MR) is 98.9 cm³/mol. The molecule has 124 valence electrons. The first-order valence-electron chi connectivity index (χ1n) is 8.36. The lowest BCUT2D eigenvalue weighted by molar-refractivity contribution is -0.129. The van der Waals surface area contributed by atoms with E-state index in [-0.39, 0.29) is 5.91 Å². The van der Waals surface area contributed by atoms with Crippen LogP contribution in [0.3, 0.4) is 0 Å². The molecule has 0 fully saturated rings. The number of aliphatic hydroxyl groups excluding tert-OH is 1. The van der Waals surface area contributed by atoms with Crippen LogP contribution in [0.25, 0.3) is 0 Å². The van der Waals surface area contributed by atoms with Gasteiger partial charge >= 0.3 is 0 Å². The van der Waals surface area contributed by atoms with Gasteiger partial charge in [0.15, 0.2) is 0 Å². The van der Waals surface area contributed by atoms with E-state index >= 15 is 0 Å². The lowest BCUT2D eigenvalue weighted by Gasteiger charge is -2.44. The van der Waals surface area contributed by atoms with Gasteiger partial charge in [0.2, 0.25) is 0 Å². The molecule has 1 aliphatic heterocycles. The zero-order valence-electron chi connectivity index (χ0n) is 14.0. The normalized spacial score (nSPS) is 22.6. The molecule has 0 aliphatic carbocycles. The molecule has 4 rings (SSSR count). The van der Waals surface area contributed by atoms with Crippen LogP contribution in [0.5, 0.6) is 0 Å². The van der Waals surface area contributed by atoms with Crippen LogP contribution >= 0.6 is 0 Å². The van der Waals surface area contributed by atoms with Crippen molar-refractivity contribution in [3.63, 3.8) is 0 Å². The molecule has 0 radical (unpaired) electrons. The SMILES string of the molecule is C[C@]1(c2ccccc2)c2ccccc2N(c2ccccc2)C(=O)[C@H]1O. The minimum Gasteiger partial charge on any atom is -0.382 e. The first kappa shape index (κ1) is 15.6. The topological polar surface area (TPSA) is 40.5 Å². The molecule has 0 unspecified atom stereocenters. The first-order chi connectivity index (χ1) is 12.1. The zero-order valence-corrected chi connectivity index (χ0v) is 14.0. The van der Waals surface area contributed by atoms with Crippen LogP contribution in [0.2, 0.25) is 0 Å². The second-order valence-corrected chi connectivity index (χ2v) is 6.50. The van der Waals surface area contributed by atoms with Crippen LogP contribution in [-0.2, 0) is 10.2 Å². The van der Waals surface area contributed by atoms with Gasteiger partial charge in [-0.2, -0.15) is 0 Å². The number of hydrogen-bond donors (Lipinski definition) is 1. The molecule has 1 heterocycles. The number of hydrogen-bond acceptors (Lipinski definition) is 2. The van der Waals surface area contributed by atoms with Gasteiger partial charge in [-0.05, 0) is 36.2 Å². The smallest absolute Gasteiger partial charge is 0.261 e. The second-order valence-electron chi connectivity index (χ2n) is 6.50. The summed E-state index contributed by atoms with van der Waals surface area (Å²) in [7, 11) is 0. The van der Waals surface area contributed by atoms with Crippen molar-refractivity contribution in [3.8, 4) is 0 Å². The monoisotopic (exact) mass is 329 g/mol. The van der Waals surface area contributed by atoms with E-state index in [4.69, 9.17) is 0 Å². The lowest BCUT2D eigenvalue weighted by Crippen LogP contribution is -2.53. The molecule has 0 spiro atoms. The van der Waals surface area contributed by atoms with Crippen molar-refractivity contribution in [2.75, 3.05) is 4.90 Å². The molecule has 1 aliphatic rings. The Morgan fingerprint density at radius 3 is 2.08 bits per heavy atom. The van der Waals surface area contributed by atoms with Crippen LogP contribution in [0.1, 0.15) is 18.1 Å². The van der Waals surface area contributed by atoms with Gasteiger partial charge in [0.1, 0.15) is 6.10 Å². The van der Waals surface area contributed by atoms with Gasteiger partial charge in [-0.3, -0.25) is 9.69 Å². The Bertz CT molecular complexity index is 908. The maximum atomic E-state index is 13.2. The van der Waals surface area contributed by atoms with E-state index in [0.29, 0.717) is 0 Å². The molecule has 0 bridgehead atoms. The summed E-state index contributed by atoms with van der Waals surface area (Å²) < 4.78 is 0. The fourth-order valence-corrected chi connectivity index (χ4v) is 3.68. The van der Waals surface area contributed by atoms with Gasteiger partial charge in [-0.25, -0.2) is 0 Å². The predicted octanol–water partition coefficient (Wildman–Crippen LogP) is 4.03. The van der Waals surface area contributed by atoms with E-state index in [9.17, 15) is 9.90 Å². The Labute approximate surface area is 147 Å². The summed E-state index contributed by atoms with van der Waals surface area (Å²) >= 11 is 0. The summed E-state index contributed by atoms with van der Waals surface area (Å²) in [6.45, 7) is 1.94. The molecule has 3 nitrogen and oxygen atoms in total. The van der Waals surface area contributed by atoms with Gasteiger partial charge in [0, 0.05) is 5.69 Å². The van der Waals surface area contributed by atoms with Gasteiger partial charge in [0.25, 0.3) is 5.91 Å². The summed E-state index contributed by atoms with van der Waals surface area (Å²) in [6.07, 6.45) is -1.16. The number of fused-ring (bicyclic) bond motifs is 1. The Hall–Kier alpha value is -2.91. The number of amides is 1. The third-order valence-corrected chi connectivity index (χ3v) is 5.09. The molecule has 2 atom stereocenters. The summed E-state index contributed by atoms with van der Waals surface area (Å²) in [5.41, 5.74) is 2.65. The van der Waals surface area contributed by atoms with Gasteiger partial charge < -0.3 is 5.11 Å². The largest absolute Gasteiger partial charge is 0.382 e. The fourth-order valence-electron chi connectivity index (χ4n) is 3.68. The number of anilines is 2. The van der Waals surface area contributed by atoms with Crippen molar-refractivity contribution in [1.29, 1.82) is 0 Å². The molecule has 25 heavy (non-hydrogen) atoms. The Kier molecular flexibility index (Phi) is 3.66. The van der Waals surface area contributed by atoms with Crippen molar-refractivity contribution < 1.29 is 9.90 Å². The molecule has 1 N–H and O–H groups in total. The number of rotatable bonds is 2. The minimum atomic E-state index is -1.16. The van der Waals surface area contributed by atoms with E-state index in [1.54, 1.807) is 4.90 Å². The van der Waals surface area contributed by atoms with Crippen molar-refractivity contribution in [2.45, 2.75) is 18.4 Å². The van der Waals surface area contributed by atoms with Crippen LogP contribution in [-0.4, -0.2) is 17.1 Å². The number of benzene rings is 3. The van der Waals surface area contributed by atoms with Crippen molar-refractivity contribution in [3.05, 3.63) is 96.1 Å². The average molecular weight is 329 g/mol.